The van der Waals surface area contributed by atoms with E-state index in [-0.39, 0.29) is 4.75 Å². The van der Waals surface area contributed by atoms with Crippen LogP contribution in [-0.4, -0.2) is 4.75 Å². The first kappa shape index (κ1) is 21.3. The summed E-state index contributed by atoms with van der Waals surface area (Å²) >= 11 is 2.05. The van der Waals surface area contributed by atoms with Gasteiger partial charge in [-0.1, -0.05) is 108 Å². The van der Waals surface area contributed by atoms with Crippen LogP contribution in [0.2, 0.25) is 0 Å². The van der Waals surface area contributed by atoms with Crippen molar-refractivity contribution in [3.8, 4) is 0 Å². The number of benzene rings is 2. The van der Waals surface area contributed by atoms with Crippen LogP contribution in [0.4, 0.5) is 0 Å². The van der Waals surface area contributed by atoms with E-state index in [0.717, 1.165) is 0 Å². The lowest BCUT2D eigenvalue weighted by molar-refractivity contribution is 0.671. The molecule has 2 rings (SSSR count). The average Bonchev–Trinajstić information content (AvgIpc) is 2.63. The van der Waals surface area contributed by atoms with Crippen molar-refractivity contribution in [3.05, 3.63) is 71.4 Å². The van der Waals surface area contributed by atoms with E-state index < -0.39 is 7.92 Å². The highest BCUT2D eigenvalue weighted by molar-refractivity contribution is 8.04. The maximum atomic E-state index is 2.59. The topological polar surface area (TPSA) is 0 Å². The van der Waals surface area contributed by atoms with Crippen LogP contribution in [0.3, 0.4) is 0 Å². The van der Waals surface area contributed by atoms with Crippen LogP contribution in [0.1, 0.15) is 59.8 Å². The minimum Gasteiger partial charge on any atom is -0.125 e. The molecule has 0 amide bonds. The predicted molar refractivity (Wildman–Crippen MR) is 123 cm³/mol. The minimum atomic E-state index is -0.451. The molecule has 140 valence electrons. The van der Waals surface area contributed by atoms with Crippen LogP contribution in [-0.2, 0) is 0 Å². The van der Waals surface area contributed by atoms with Crippen molar-refractivity contribution in [2.45, 2.75) is 64.5 Å². The van der Waals surface area contributed by atoms with Crippen LogP contribution in [0.15, 0.2) is 71.4 Å². The van der Waals surface area contributed by atoms with Gasteiger partial charge in [0.15, 0.2) is 0 Å². The fourth-order valence-electron chi connectivity index (χ4n) is 2.88. The molecule has 0 saturated carbocycles. The molecule has 0 N–H and O–H groups in total. The van der Waals surface area contributed by atoms with E-state index in [1.165, 1.54) is 42.7 Å². The molecule has 0 heterocycles. The number of unbranched alkanes of at least 4 members (excludes halogenated alkanes) is 3. The van der Waals surface area contributed by atoms with Gasteiger partial charge in [0.25, 0.3) is 0 Å². The van der Waals surface area contributed by atoms with Gasteiger partial charge in [0.1, 0.15) is 0 Å². The van der Waals surface area contributed by atoms with Gasteiger partial charge in [-0.15, -0.1) is 11.8 Å². The molecule has 2 heteroatoms. The number of allylic oxidation sites excluding steroid dienone is 1. The van der Waals surface area contributed by atoms with Crippen LogP contribution in [0.5, 0.6) is 0 Å². The Morgan fingerprint density at radius 2 is 1.38 bits per heavy atom. The summed E-state index contributed by atoms with van der Waals surface area (Å²) < 4.78 is 0.255. The summed E-state index contributed by atoms with van der Waals surface area (Å²) in [5.74, 6) is 2.59. The predicted octanol–water partition coefficient (Wildman–Crippen LogP) is 7.46. The van der Waals surface area contributed by atoms with Gasteiger partial charge < -0.3 is 0 Å². The van der Waals surface area contributed by atoms with E-state index in [1.54, 1.807) is 4.91 Å². The molecule has 0 aliphatic rings. The molecule has 0 aliphatic heterocycles. The monoisotopic (exact) mass is 384 g/mol. The zero-order valence-electron chi connectivity index (χ0n) is 16.7. The second-order valence-corrected chi connectivity index (χ2v) is 11.6. The molecule has 0 saturated heterocycles. The first-order valence-corrected chi connectivity index (χ1v) is 12.0. The van der Waals surface area contributed by atoms with E-state index >= 15 is 0 Å². The fourth-order valence-corrected chi connectivity index (χ4v) is 6.44. The lowest BCUT2D eigenvalue weighted by Gasteiger charge is -2.23. The van der Waals surface area contributed by atoms with Crippen molar-refractivity contribution < 1.29 is 0 Å². The van der Waals surface area contributed by atoms with Gasteiger partial charge in [0.05, 0.1) is 0 Å². The van der Waals surface area contributed by atoms with Crippen LogP contribution >= 0.6 is 19.7 Å². The lowest BCUT2D eigenvalue weighted by Crippen LogP contribution is -2.11. The Morgan fingerprint density at radius 1 is 0.846 bits per heavy atom. The molecule has 2 aromatic rings. The molecule has 0 radical (unpaired) electrons. The third-order valence-electron chi connectivity index (χ3n) is 4.06. The van der Waals surface area contributed by atoms with Gasteiger partial charge in [0, 0.05) is 4.75 Å². The van der Waals surface area contributed by atoms with Crippen molar-refractivity contribution in [2.24, 2.45) is 0 Å². The Labute approximate surface area is 166 Å². The largest absolute Gasteiger partial charge is 0.125 e. The van der Waals surface area contributed by atoms with E-state index in [0.29, 0.717) is 0 Å². The highest BCUT2D eigenvalue weighted by Gasteiger charge is 2.17. The lowest BCUT2D eigenvalue weighted by atomic mass is 10.1. The normalized spacial score (nSPS) is 12.6. The molecule has 26 heavy (non-hydrogen) atoms. The molecule has 0 bridgehead atoms. The number of hydrogen-bond acceptors (Lipinski definition) is 1. The third-order valence-corrected chi connectivity index (χ3v) is 7.71. The summed E-state index contributed by atoms with van der Waals surface area (Å²) in [5, 5.41) is 2.88. The molecule has 0 nitrogen and oxygen atoms in total. The van der Waals surface area contributed by atoms with Gasteiger partial charge in [-0.25, -0.2) is 0 Å². The van der Waals surface area contributed by atoms with Crippen LogP contribution < -0.4 is 10.6 Å². The smallest absolute Gasteiger partial charge is 0.0119 e. The molecule has 0 aliphatic carbocycles. The standard InChI is InChI=1S/C24H33PS/c1-5-6-7-14-19-23(26-24(2,3)4)20-25(21-15-10-8-11-16-21)22-17-12-9-13-18-22/h8-13,15-18,20H,5-7,14,19H2,1-4H3/b23-20-. The second kappa shape index (κ2) is 11.0. The quantitative estimate of drug-likeness (QED) is 0.319. The Hall–Kier alpha value is -1.04. The maximum Gasteiger partial charge on any atom is 0.0119 e. The molecule has 0 aromatic heterocycles. The van der Waals surface area contributed by atoms with Gasteiger partial charge in [-0.3, -0.25) is 0 Å². The summed E-state index contributed by atoms with van der Waals surface area (Å²) in [7, 11) is -0.451. The molecule has 0 atom stereocenters. The second-order valence-electron chi connectivity index (χ2n) is 7.66. The van der Waals surface area contributed by atoms with Gasteiger partial charge in [-0.05, 0) is 42.1 Å². The number of thioether (sulfide) groups is 1. The summed E-state index contributed by atoms with van der Waals surface area (Å²) in [6.07, 6.45) is 6.49. The molecular formula is C24H33PS. The zero-order chi connectivity index (χ0) is 18.8. The van der Waals surface area contributed by atoms with Gasteiger partial charge in [0.2, 0.25) is 0 Å². The Morgan fingerprint density at radius 3 is 1.85 bits per heavy atom. The molecular weight excluding hydrogens is 351 g/mol. The van der Waals surface area contributed by atoms with E-state index in [9.17, 15) is 0 Å². The summed E-state index contributed by atoms with van der Waals surface area (Å²) in [5.41, 5.74) is 0. The molecule has 0 unspecified atom stereocenters. The number of rotatable bonds is 9. The Balaban J connectivity index is 2.31. The molecule has 0 fully saturated rings. The van der Waals surface area contributed by atoms with Crippen molar-refractivity contribution >= 4 is 30.3 Å². The van der Waals surface area contributed by atoms with Crippen molar-refractivity contribution in [1.82, 2.24) is 0 Å². The summed E-state index contributed by atoms with van der Waals surface area (Å²) in [4.78, 5) is 1.56. The minimum absolute atomic E-state index is 0.255. The molecule has 0 spiro atoms. The first-order valence-electron chi connectivity index (χ1n) is 9.78. The fraction of sp³-hybridized carbons (Fsp3) is 0.417. The summed E-state index contributed by atoms with van der Waals surface area (Å²) in [6.45, 7) is 9.26. The zero-order valence-corrected chi connectivity index (χ0v) is 18.5. The van der Waals surface area contributed by atoms with E-state index in [1.807, 2.05) is 0 Å². The van der Waals surface area contributed by atoms with Crippen molar-refractivity contribution in [3.63, 3.8) is 0 Å². The SMILES string of the molecule is CCCCCC/C(=C/P(c1ccccc1)c1ccccc1)SC(C)(C)C. The van der Waals surface area contributed by atoms with Crippen LogP contribution in [0, 0.1) is 0 Å². The van der Waals surface area contributed by atoms with Crippen molar-refractivity contribution in [2.75, 3.05) is 0 Å². The van der Waals surface area contributed by atoms with Gasteiger partial charge >= 0.3 is 0 Å². The van der Waals surface area contributed by atoms with Gasteiger partial charge in [-0.2, -0.15) is 0 Å². The van der Waals surface area contributed by atoms with Crippen molar-refractivity contribution in [1.29, 1.82) is 0 Å². The Bertz CT molecular complexity index is 616. The maximum absolute atomic E-state index is 2.59. The van der Waals surface area contributed by atoms with E-state index in [4.69, 9.17) is 0 Å². The highest BCUT2D eigenvalue weighted by Crippen LogP contribution is 2.43. The number of hydrogen-bond donors (Lipinski definition) is 0. The highest BCUT2D eigenvalue weighted by atomic mass is 32.2. The first-order chi connectivity index (χ1) is 12.5. The summed E-state index contributed by atoms with van der Waals surface area (Å²) in [6, 6.07) is 22.0. The third kappa shape index (κ3) is 7.68. The molecule has 2 aromatic carbocycles. The average molecular weight is 385 g/mol. The van der Waals surface area contributed by atoms with E-state index in [2.05, 4.69) is 106 Å². The van der Waals surface area contributed by atoms with Crippen LogP contribution in [0.25, 0.3) is 0 Å². The Kier molecular flexibility index (Phi) is 8.96.